The van der Waals surface area contributed by atoms with E-state index in [1.54, 1.807) is 6.07 Å². The van der Waals surface area contributed by atoms with Gasteiger partial charge in [-0.15, -0.1) is 0 Å². The lowest BCUT2D eigenvalue weighted by Gasteiger charge is -2.17. The van der Waals surface area contributed by atoms with Crippen LogP contribution >= 0.6 is 0 Å². The van der Waals surface area contributed by atoms with E-state index < -0.39 is 10.0 Å². The van der Waals surface area contributed by atoms with E-state index in [-0.39, 0.29) is 28.5 Å². The largest absolute Gasteiger partial charge is 0.495 e. The fraction of sp³-hybridized carbons (Fsp3) is 0.556. The van der Waals surface area contributed by atoms with Gasteiger partial charge in [0.05, 0.1) is 7.11 Å². The first-order chi connectivity index (χ1) is 12.8. The van der Waals surface area contributed by atoms with Gasteiger partial charge >= 0.3 is 0 Å². The van der Waals surface area contributed by atoms with Crippen molar-refractivity contribution in [2.24, 2.45) is 5.92 Å². The Morgan fingerprint density at radius 3 is 2.67 bits per heavy atom. The van der Waals surface area contributed by atoms with Crippen LogP contribution in [0.25, 0.3) is 0 Å². The molecule has 9 heteroatoms. The zero-order chi connectivity index (χ0) is 20.0. The molecule has 1 amide bonds. The Bertz CT molecular complexity index is 815. The number of sulfonamides is 1. The van der Waals surface area contributed by atoms with Gasteiger partial charge < -0.3 is 15.0 Å². The smallest absolute Gasteiger partial charge is 0.244 e. The number of carbonyl (C=O) groups is 1. The van der Waals surface area contributed by atoms with Crippen molar-refractivity contribution in [2.45, 2.75) is 44.0 Å². The molecule has 1 heterocycles. The Hall–Kier alpha value is -2.31. The summed E-state index contributed by atoms with van der Waals surface area (Å²) < 4.78 is 33.5. The first-order valence-electron chi connectivity index (χ1n) is 9.00. The highest BCUT2D eigenvalue weighted by atomic mass is 32.2. The van der Waals surface area contributed by atoms with E-state index in [2.05, 4.69) is 10.0 Å². The summed E-state index contributed by atoms with van der Waals surface area (Å²) in [6.07, 6.45) is 4.00. The average molecular weight is 394 g/mol. The van der Waals surface area contributed by atoms with Gasteiger partial charge in [-0.2, -0.15) is 5.26 Å². The summed E-state index contributed by atoms with van der Waals surface area (Å²) in [6, 6.07) is 4.19. The molecule has 0 aromatic heterocycles. The topological polar surface area (TPSA) is 112 Å². The average Bonchev–Trinajstić information content (AvgIpc) is 3.09. The third-order valence-corrected chi connectivity index (χ3v) is 6.27. The first kappa shape index (κ1) is 21.0. The summed E-state index contributed by atoms with van der Waals surface area (Å²) in [6.45, 7) is 4.73. The number of nitrogens with zero attached hydrogens (tertiary/aromatic N) is 2. The molecule has 0 bridgehead atoms. The van der Waals surface area contributed by atoms with Crippen molar-refractivity contribution < 1.29 is 17.9 Å². The van der Waals surface area contributed by atoms with Crippen molar-refractivity contribution in [2.75, 3.05) is 25.5 Å². The molecule has 1 aliphatic rings. The number of hydrogen-bond donors (Lipinski definition) is 2. The molecule has 1 aromatic rings. The van der Waals surface area contributed by atoms with Gasteiger partial charge in [0, 0.05) is 30.7 Å². The van der Waals surface area contributed by atoms with Crippen molar-refractivity contribution in [1.82, 2.24) is 9.62 Å². The molecule has 1 saturated heterocycles. The van der Waals surface area contributed by atoms with E-state index in [1.165, 1.54) is 24.1 Å². The van der Waals surface area contributed by atoms with Crippen LogP contribution in [0.5, 0.6) is 5.75 Å². The fourth-order valence-corrected chi connectivity index (χ4v) is 4.55. The van der Waals surface area contributed by atoms with E-state index in [1.807, 2.05) is 20.0 Å². The molecular formula is C18H26N4O4S. The molecular weight excluding hydrogens is 368 g/mol. The molecule has 0 spiro atoms. The molecule has 1 fully saturated rings. The predicted octanol–water partition coefficient (Wildman–Crippen LogP) is 1.90. The SMILES string of the molecule is CCC(CC)C(=O)Nc1ccc(OC)c(S(=O)(=O)N[C@@H]2CCN(C#N)C2)c1. The molecule has 2 N–H and O–H groups in total. The van der Waals surface area contributed by atoms with Crippen LogP contribution in [-0.2, 0) is 14.8 Å². The highest BCUT2D eigenvalue weighted by Crippen LogP contribution is 2.28. The van der Waals surface area contributed by atoms with Crippen LogP contribution in [0.1, 0.15) is 33.1 Å². The zero-order valence-corrected chi connectivity index (χ0v) is 16.7. The van der Waals surface area contributed by atoms with Gasteiger partial charge in [0.15, 0.2) is 6.19 Å². The normalized spacial score (nSPS) is 17.0. The standard InChI is InChI=1S/C18H26N4O4S/c1-4-13(5-2)18(23)20-14-6-7-16(26-3)17(10-14)27(24,25)21-15-8-9-22(11-15)12-19/h6-7,10,13,15,21H,4-5,8-9,11H2,1-3H3,(H,20,23)/t15-/m1/s1. The Labute approximate surface area is 160 Å². The Balaban J connectivity index is 2.24. The Morgan fingerprint density at radius 2 is 2.11 bits per heavy atom. The van der Waals surface area contributed by atoms with E-state index in [0.717, 1.165) is 0 Å². The minimum absolute atomic E-state index is 0.0391. The highest BCUT2D eigenvalue weighted by Gasteiger charge is 2.29. The lowest BCUT2D eigenvalue weighted by atomic mass is 10.0. The Morgan fingerprint density at radius 1 is 1.41 bits per heavy atom. The monoisotopic (exact) mass is 394 g/mol. The molecule has 148 valence electrons. The van der Waals surface area contributed by atoms with Gasteiger partial charge in [-0.1, -0.05) is 13.8 Å². The highest BCUT2D eigenvalue weighted by molar-refractivity contribution is 7.89. The van der Waals surface area contributed by atoms with Crippen LogP contribution in [-0.4, -0.2) is 45.5 Å². The van der Waals surface area contributed by atoms with Gasteiger partial charge in [-0.3, -0.25) is 4.79 Å². The second-order valence-electron chi connectivity index (χ2n) is 6.52. The van der Waals surface area contributed by atoms with Crippen LogP contribution in [0, 0.1) is 17.4 Å². The molecule has 0 aliphatic carbocycles. The van der Waals surface area contributed by atoms with E-state index in [9.17, 15) is 13.2 Å². The molecule has 1 atom stereocenters. The number of amides is 1. The van der Waals surface area contributed by atoms with Crippen LogP contribution in [0.2, 0.25) is 0 Å². The van der Waals surface area contributed by atoms with Crippen LogP contribution in [0.15, 0.2) is 23.1 Å². The Kier molecular flexibility index (Phi) is 7.05. The van der Waals surface area contributed by atoms with Crippen LogP contribution in [0.4, 0.5) is 5.69 Å². The molecule has 8 nitrogen and oxygen atoms in total. The first-order valence-corrected chi connectivity index (χ1v) is 10.5. The number of nitrogens with one attached hydrogen (secondary N) is 2. The lowest BCUT2D eigenvalue weighted by Crippen LogP contribution is -2.36. The maximum Gasteiger partial charge on any atom is 0.244 e. The summed E-state index contributed by atoms with van der Waals surface area (Å²) >= 11 is 0. The summed E-state index contributed by atoms with van der Waals surface area (Å²) in [5.74, 6) is -0.0687. The van der Waals surface area contributed by atoms with Crippen molar-refractivity contribution >= 4 is 21.6 Å². The van der Waals surface area contributed by atoms with E-state index >= 15 is 0 Å². The molecule has 2 rings (SSSR count). The summed E-state index contributed by atoms with van der Waals surface area (Å²) in [7, 11) is -2.48. The maximum atomic E-state index is 12.8. The maximum absolute atomic E-state index is 12.8. The zero-order valence-electron chi connectivity index (χ0n) is 15.9. The predicted molar refractivity (Wildman–Crippen MR) is 102 cm³/mol. The number of methoxy groups -OCH3 is 1. The fourth-order valence-electron chi connectivity index (χ4n) is 3.10. The number of rotatable bonds is 8. The number of benzene rings is 1. The third kappa shape index (κ3) is 5.11. The number of anilines is 1. The number of hydrogen-bond acceptors (Lipinski definition) is 6. The van der Waals surface area contributed by atoms with Gasteiger partial charge in [0.2, 0.25) is 15.9 Å². The van der Waals surface area contributed by atoms with Crippen molar-refractivity contribution in [3.05, 3.63) is 18.2 Å². The quantitative estimate of drug-likeness (QED) is 0.652. The van der Waals surface area contributed by atoms with Crippen LogP contribution < -0.4 is 14.8 Å². The van der Waals surface area contributed by atoms with E-state index in [4.69, 9.17) is 10.00 Å². The second-order valence-corrected chi connectivity index (χ2v) is 8.20. The van der Waals surface area contributed by atoms with Gasteiger partial charge in [0.1, 0.15) is 10.6 Å². The third-order valence-electron chi connectivity index (χ3n) is 4.73. The number of nitriles is 1. The van der Waals surface area contributed by atoms with Gasteiger partial charge in [0.25, 0.3) is 0 Å². The lowest BCUT2D eigenvalue weighted by molar-refractivity contribution is -0.120. The molecule has 0 unspecified atom stereocenters. The molecule has 0 saturated carbocycles. The van der Waals surface area contributed by atoms with Crippen molar-refractivity contribution in [3.8, 4) is 11.9 Å². The number of ether oxygens (including phenoxy) is 1. The summed E-state index contributed by atoms with van der Waals surface area (Å²) in [4.78, 5) is 13.8. The molecule has 0 radical (unpaired) electrons. The molecule has 1 aliphatic heterocycles. The molecule has 1 aromatic carbocycles. The minimum atomic E-state index is -3.87. The second kappa shape index (κ2) is 9.06. The summed E-state index contributed by atoms with van der Waals surface area (Å²) in [5.41, 5.74) is 0.401. The van der Waals surface area contributed by atoms with Crippen molar-refractivity contribution in [3.63, 3.8) is 0 Å². The minimum Gasteiger partial charge on any atom is -0.495 e. The van der Waals surface area contributed by atoms with Crippen molar-refractivity contribution in [1.29, 1.82) is 5.26 Å². The van der Waals surface area contributed by atoms with Gasteiger partial charge in [-0.05, 0) is 37.5 Å². The number of likely N-dealkylation sites (tertiary alicyclic amines) is 1. The van der Waals surface area contributed by atoms with E-state index in [0.29, 0.717) is 38.0 Å². The summed E-state index contributed by atoms with van der Waals surface area (Å²) in [5, 5.41) is 11.7. The van der Waals surface area contributed by atoms with Gasteiger partial charge in [-0.25, -0.2) is 13.1 Å². The number of carbonyl (C=O) groups excluding carboxylic acids is 1. The van der Waals surface area contributed by atoms with Crippen LogP contribution in [0.3, 0.4) is 0 Å². The molecule has 27 heavy (non-hydrogen) atoms.